The minimum absolute atomic E-state index is 0.114. The molecule has 0 saturated heterocycles. The fourth-order valence-corrected chi connectivity index (χ4v) is 3.27. The molecule has 0 fully saturated rings. The van der Waals surface area contributed by atoms with Crippen LogP contribution in [0, 0.1) is 6.92 Å². The first-order chi connectivity index (χ1) is 8.09. The summed E-state index contributed by atoms with van der Waals surface area (Å²) in [7, 11) is 0. The first-order valence-electron chi connectivity index (χ1n) is 5.31. The van der Waals surface area contributed by atoms with E-state index in [1.165, 1.54) is 22.7 Å². The monoisotopic (exact) mass is 268 g/mol. The third-order valence-electron chi connectivity index (χ3n) is 2.58. The highest BCUT2D eigenvalue weighted by Gasteiger charge is 2.21. The van der Waals surface area contributed by atoms with Crippen LogP contribution in [0.4, 0.5) is 0 Å². The molecule has 0 aliphatic rings. The van der Waals surface area contributed by atoms with Gasteiger partial charge in [-0.15, -0.1) is 11.3 Å². The van der Waals surface area contributed by atoms with E-state index in [2.05, 4.69) is 0 Å². The Morgan fingerprint density at radius 2 is 2.29 bits per heavy atom. The summed E-state index contributed by atoms with van der Waals surface area (Å²) in [6.07, 6.45) is -0.474. The zero-order valence-corrected chi connectivity index (χ0v) is 11.3. The topological polar surface area (TPSA) is 41.2 Å². The first kappa shape index (κ1) is 12.4. The number of thiazole rings is 1. The molecule has 2 aromatic rings. The largest absolute Gasteiger partial charge is 0.388 e. The molecular formula is C12H14NO2S2+. The maximum absolute atomic E-state index is 11.9. The molecule has 0 aliphatic carbocycles. The van der Waals surface area contributed by atoms with E-state index >= 15 is 0 Å². The van der Waals surface area contributed by atoms with Gasteiger partial charge in [0, 0.05) is 6.92 Å². The quantitative estimate of drug-likeness (QED) is 0.683. The second kappa shape index (κ2) is 5.08. The van der Waals surface area contributed by atoms with E-state index in [1.54, 1.807) is 6.92 Å². The van der Waals surface area contributed by atoms with Crippen molar-refractivity contribution < 1.29 is 14.5 Å². The number of ketones is 1. The minimum Gasteiger partial charge on any atom is -0.388 e. The van der Waals surface area contributed by atoms with Crippen molar-refractivity contribution in [2.45, 2.75) is 26.5 Å². The molecule has 5 heteroatoms. The molecule has 0 radical (unpaired) electrons. The van der Waals surface area contributed by atoms with Crippen molar-refractivity contribution in [3.63, 3.8) is 0 Å². The maximum atomic E-state index is 11.9. The molecule has 3 nitrogen and oxygen atoms in total. The standard InChI is InChI=1S/C12H14NO2S2/c1-8-12(9(2)14)17-7-13(8)6-10(15)11-4-3-5-16-11/h3-5,7,9,14H,6H2,1-2H3/q+1. The van der Waals surface area contributed by atoms with Gasteiger partial charge in [-0.1, -0.05) is 17.4 Å². The second-order valence-electron chi connectivity index (χ2n) is 3.88. The maximum Gasteiger partial charge on any atom is 0.237 e. The highest BCUT2D eigenvalue weighted by molar-refractivity contribution is 7.12. The number of Topliss-reactive ketones (excluding diaryl/α,β-unsaturated/α-hetero) is 1. The van der Waals surface area contributed by atoms with E-state index in [1.807, 2.05) is 34.5 Å². The number of hydrogen-bond acceptors (Lipinski definition) is 4. The Balaban J connectivity index is 2.17. The molecule has 1 atom stereocenters. The van der Waals surface area contributed by atoms with Crippen LogP contribution in [0.25, 0.3) is 0 Å². The Hall–Kier alpha value is -1.04. The Labute approximate surface area is 108 Å². The molecule has 0 amide bonds. The molecule has 1 N–H and O–H groups in total. The van der Waals surface area contributed by atoms with Crippen LogP contribution in [-0.4, -0.2) is 10.9 Å². The van der Waals surface area contributed by atoms with Gasteiger partial charge in [0.2, 0.25) is 17.8 Å². The van der Waals surface area contributed by atoms with Gasteiger partial charge in [-0.2, -0.15) is 4.57 Å². The summed E-state index contributed by atoms with van der Waals surface area (Å²) in [5.41, 5.74) is 2.86. The number of aromatic nitrogens is 1. The molecule has 0 bridgehead atoms. The molecule has 2 aromatic heterocycles. The van der Waals surface area contributed by atoms with Crippen LogP contribution in [0.15, 0.2) is 23.0 Å². The van der Waals surface area contributed by atoms with Gasteiger partial charge >= 0.3 is 0 Å². The number of aliphatic hydroxyl groups is 1. The molecule has 2 rings (SSSR count). The number of rotatable bonds is 4. The molecule has 2 heterocycles. The molecule has 0 aromatic carbocycles. The summed E-state index contributed by atoms with van der Waals surface area (Å²) in [6.45, 7) is 4.01. The Morgan fingerprint density at radius 3 is 2.82 bits per heavy atom. The van der Waals surface area contributed by atoms with Crippen molar-refractivity contribution in [2.75, 3.05) is 0 Å². The number of thiophene rings is 1. The minimum atomic E-state index is -0.474. The third-order valence-corrected chi connectivity index (χ3v) is 4.74. The summed E-state index contributed by atoms with van der Waals surface area (Å²) in [5.74, 6) is 0.114. The summed E-state index contributed by atoms with van der Waals surface area (Å²) in [6, 6.07) is 3.72. The Bertz CT molecular complexity index is 515. The lowest BCUT2D eigenvalue weighted by atomic mass is 10.2. The van der Waals surface area contributed by atoms with E-state index in [0.29, 0.717) is 6.54 Å². The van der Waals surface area contributed by atoms with Gasteiger partial charge in [0.15, 0.2) is 5.69 Å². The van der Waals surface area contributed by atoms with Crippen molar-refractivity contribution in [3.05, 3.63) is 38.5 Å². The highest BCUT2D eigenvalue weighted by Crippen LogP contribution is 2.20. The lowest BCUT2D eigenvalue weighted by molar-refractivity contribution is -0.684. The highest BCUT2D eigenvalue weighted by atomic mass is 32.1. The number of carbonyl (C=O) groups is 1. The van der Waals surface area contributed by atoms with Crippen molar-refractivity contribution in [1.82, 2.24) is 0 Å². The van der Waals surface area contributed by atoms with E-state index in [-0.39, 0.29) is 5.78 Å². The van der Waals surface area contributed by atoms with E-state index in [4.69, 9.17) is 0 Å². The van der Waals surface area contributed by atoms with Crippen LogP contribution in [0.5, 0.6) is 0 Å². The van der Waals surface area contributed by atoms with Gasteiger partial charge in [-0.05, 0) is 18.4 Å². The third kappa shape index (κ3) is 2.62. The van der Waals surface area contributed by atoms with Crippen molar-refractivity contribution in [3.8, 4) is 0 Å². The van der Waals surface area contributed by atoms with E-state index in [9.17, 15) is 9.90 Å². The number of nitrogens with zero attached hydrogens (tertiary/aromatic N) is 1. The lowest BCUT2D eigenvalue weighted by Crippen LogP contribution is -2.38. The molecule has 1 unspecified atom stereocenters. The predicted molar refractivity (Wildman–Crippen MR) is 68.5 cm³/mol. The van der Waals surface area contributed by atoms with Crippen LogP contribution in [0.2, 0.25) is 0 Å². The smallest absolute Gasteiger partial charge is 0.237 e. The Kier molecular flexibility index (Phi) is 3.71. The molecule has 90 valence electrons. The summed E-state index contributed by atoms with van der Waals surface area (Å²) >= 11 is 2.95. The zero-order chi connectivity index (χ0) is 12.4. The zero-order valence-electron chi connectivity index (χ0n) is 9.71. The summed E-state index contributed by atoms with van der Waals surface area (Å²) < 4.78 is 1.90. The van der Waals surface area contributed by atoms with Crippen LogP contribution in [-0.2, 0) is 6.54 Å². The molecule has 0 aliphatic heterocycles. The van der Waals surface area contributed by atoms with Gasteiger partial charge in [-0.3, -0.25) is 4.79 Å². The van der Waals surface area contributed by atoms with Gasteiger partial charge in [0.1, 0.15) is 4.88 Å². The number of hydrogen-bond donors (Lipinski definition) is 1. The molecule has 0 saturated carbocycles. The van der Waals surface area contributed by atoms with Crippen molar-refractivity contribution in [1.29, 1.82) is 0 Å². The van der Waals surface area contributed by atoms with Gasteiger partial charge in [0.05, 0.1) is 11.0 Å². The molecule has 0 spiro atoms. The second-order valence-corrected chi connectivity index (χ2v) is 5.71. The van der Waals surface area contributed by atoms with Crippen LogP contribution < -0.4 is 4.57 Å². The lowest BCUT2D eigenvalue weighted by Gasteiger charge is -1.98. The first-order valence-corrected chi connectivity index (χ1v) is 7.07. The van der Waals surface area contributed by atoms with Crippen LogP contribution >= 0.6 is 22.7 Å². The summed E-state index contributed by atoms with van der Waals surface area (Å²) in [4.78, 5) is 13.6. The number of carbonyl (C=O) groups excluding carboxylic acids is 1. The summed E-state index contributed by atoms with van der Waals surface area (Å²) in [5, 5.41) is 11.5. The molecular weight excluding hydrogens is 254 g/mol. The SMILES string of the molecule is Cc1c(C(C)O)sc[n+]1CC(=O)c1cccs1. The van der Waals surface area contributed by atoms with Crippen LogP contribution in [0.1, 0.15) is 33.3 Å². The van der Waals surface area contributed by atoms with E-state index in [0.717, 1.165) is 15.4 Å². The fourth-order valence-electron chi connectivity index (χ4n) is 1.65. The molecule has 17 heavy (non-hydrogen) atoms. The fraction of sp³-hybridized carbons (Fsp3) is 0.333. The average molecular weight is 268 g/mol. The van der Waals surface area contributed by atoms with Gasteiger partial charge in [-0.25, -0.2) is 0 Å². The van der Waals surface area contributed by atoms with E-state index < -0.39 is 6.10 Å². The van der Waals surface area contributed by atoms with Crippen molar-refractivity contribution >= 4 is 28.5 Å². The van der Waals surface area contributed by atoms with Crippen LogP contribution in [0.3, 0.4) is 0 Å². The van der Waals surface area contributed by atoms with Gasteiger partial charge in [0.25, 0.3) is 0 Å². The Morgan fingerprint density at radius 1 is 1.53 bits per heavy atom. The van der Waals surface area contributed by atoms with Crippen molar-refractivity contribution in [2.24, 2.45) is 0 Å². The normalized spacial score (nSPS) is 12.6. The predicted octanol–water partition coefficient (Wildman–Crippen LogP) is 2.34. The number of aliphatic hydroxyl groups excluding tert-OH is 1. The van der Waals surface area contributed by atoms with Gasteiger partial charge < -0.3 is 5.11 Å². The average Bonchev–Trinajstić information content (AvgIpc) is 2.89.